The molecule has 0 saturated carbocycles. The van der Waals surface area contributed by atoms with E-state index < -0.39 is 0 Å². The first-order chi connectivity index (χ1) is 11.5. The number of carbonyl (C=O) groups is 1. The Morgan fingerprint density at radius 3 is 2.71 bits per heavy atom. The van der Waals surface area contributed by atoms with E-state index in [-0.39, 0.29) is 18.3 Å². The predicted octanol–water partition coefficient (Wildman–Crippen LogP) is 1.21. The third-order valence-electron chi connectivity index (χ3n) is 4.16. The van der Waals surface area contributed by atoms with Gasteiger partial charge in [0, 0.05) is 39.8 Å². The van der Waals surface area contributed by atoms with Gasteiger partial charge >= 0.3 is 0 Å². The maximum atomic E-state index is 14.4. The fourth-order valence-corrected chi connectivity index (χ4v) is 2.92. The molecule has 1 saturated heterocycles. The molecule has 7 heteroatoms. The van der Waals surface area contributed by atoms with Crippen molar-refractivity contribution in [3.63, 3.8) is 0 Å². The number of anilines is 1. The van der Waals surface area contributed by atoms with Crippen LogP contribution in [0.1, 0.15) is 21.7 Å². The molecule has 6 nitrogen and oxygen atoms in total. The second kappa shape index (κ2) is 7.00. The van der Waals surface area contributed by atoms with Crippen LogP contribution < -0.4 is 15.5 Å². The van der Waals surface area contributed by atoms with Gasteiger partial charge in [-0.05, 0) is 30.7 Å². The Labute approximate surface area is 140 Å². The van der Waals surface area contributed by atoms with Crippen LogP contribution >= 0.6 is 0 Å². The lowest BCUT2D eigenvalue weighted by Gasteiger charge is -2.29. The fourth-order valence-electron chi connectivity index (χ4n) is 2.92. The van der Waals surface area contributed by atoms with Crippen molar-refractivity contribution in [3.05, 3.63) is 47.0 Å². The van der Waals surface area contributed by atoms with Crippen LogP contribution in [0.5, 0.6) is 0 Å². The van der Waals surface area contributed by atoms with Crippen LogP contribution in [-0.2, 0) is 13.6 Å². The van der Waals surface area contributed by atoms with Gasteiger partial charge in [0.05, 0.1) is 11.4 Å². The number of hydrogen-bond acceptors (Lipinski definition) is 4. The number of carbonyl (C=O) groups excluding carboxylic acids is 1. The van der Waals surface area contributed by atoms with Crippen molar-refractivity contribution in [3.8, 4) is 0 Å². The predicted molar refractivity (Wildman–Crippen MR) is 90.6 cm³/mol. The van der Waals surface area contributed by atoms with Crippen molar-refractivity contribution < 1.29 is 9.18 Å². The molecule has 0 spiro atoms. The number of piperazine rings is 1. The van der Waals surface area contributed by atoms with Gasteiger partial charge in [-0.3, -0.25) is 9.48 Å². The molecule has 0 unspecified atom stereocenters. The summed E-state index contributed by atoms with van der Waals surface area (Å²) in [5, 5.41) is 10.2. The molecule has 0 radical (unpaired) electrons. The lowest BCUT2D eigenvalue weighted by molar-refractivity contribution is 0.0941. The van der Waals surface area contributed by atoms with E-state index in [0.717, 1.165) is 37.4 Å². The van der Waals surface area contributed by atoms with Crippen LogP contribution in [0, 0.1) is 12.7 Å². The van der Waals surface area contributed by atoms with Crippen molar-refractivity contribution in [2.24, 2.45) is 7.05 Å². The molecule has 24 heavy (non-hydrogen) atoms. The summed E-state index contributed by atoms with van der Waals surface area (Å²) in [5.74, 6) is -0.468. The van der Waals surface area contributed by atoms with E-state index in [4.69, 9.17) is 0 Å². The summed E-state index contributed by atoms with van der Waals surface area (Å²) in [6.45, 7) is 5.44. The third kappa shape index (κ3) is 3.56. The summed E-state index contributed by atoms with van der Waals surface area (Å²) in [4.78, 5) is 14.2. The monoisotopic (exact) mass is 331 g/mol. The molecule has 2 heterocycles. The Hall–Kier alpha value is -2.41. The van der Waals surface area contributed by atoms with E-state index in [1.54, 1.807) is 23.9 Å². The number of nitrogens with zero attached hydrogens (tertiary/aromatic N) is 3. The summed E-state index contributed by atoms with van der Waals surface area (Å²) in [6, 6.07) is 6.86. The average molecular weight is 331 g/mol. The molecule has 0 bridgehead atoms. The highest BCUT2D eigenvalue weighted by atomic mass is 19.1. The van der Waals surface area contributed by atoms with Crippen LogP contribution in [0.3, 0.4) is 0 Å². The summed E-state index contributed by atoms with van der Waals surface area (Å²) >= 11 is 0. The van der Waals surface area contributed by atoms with Crippen LogP contribution in [-0.4, -0.2) is 41.9 Å². The highest BCUT2D eigenvalue weighted by Crippen LogP contribution is 2.21. The van der Waals surface area contributed by atoms with E-state index in [1.165, 1.54) is 6.07 Å². The standard InChI is InChI=1S/C17H22FN5O/c1-12-9-16(22(2)21-12)17(24)20-11-13-3-4-15(14(18)10-13)23-7-5-19-6-8-23/h3-4,9-10,19H,5-8,11H2,1-2H3,(H,20,24). The van der Waals surface area contributed by atoms with Crippen LogP contribution in [0.4, 0.5) is 10.1 Å². The number of aromatic nitrogens is 2. The van der Waals surface area contributed by atoms with E-state index in [1.807, 2.05) is 17.9 Å². The molecule has 128 valence electrons. The zero-order chi connectivity index (χ0) is 17.1. The van der Waals surface area contributed by atoms with Gasteiger partial charge in [0.2, 0.25) is 0 Å². The normalized spacial score (nSPS) is 14.7. The van der Waals surface area contributed by atoms with Gasteiger partial charge in [-0.2, -0.15) is 5.10 Å². The van der Waals surface area contributed by atoms with Gasteiger partial charge in [-0.15, -0.1) is 0 Å². The molecule has 1 aromatic carbocycles. The largest absolute Gasteiger partial charge is 0.367 e. The maximum Gasteiger partial charge on any atom is 0.269 e. The van der Waals surface area contributed by atoms with Gasteiger partial charge in [0.1, 0.15) is 11.5 Å². The van der Waals surface area contributed by atoms with Gasteiger partial charge in [0.25, 0.3) is 5.91 Å². The molecule has 0 aliphatic carbocycles. The summed E-state index contributed by atoms with van der Waals surface area (Å²) < 4.78 is 15.9. The van der Waals surface area contributed by atoms with Crippen molar-refractivity contribution in [2.75, 3.05) is 31.1 Å². The minimum absolute atomic E-state index is 0.218. The van der Waals surface area contributed by atoms with Gasteiger partial charge in [-0.25, -0.2) is 4.39 Å². The zero-order valence-corrected chi connectivity index (χ0v) is 14.0. The Morgan fingerprint density at radius 2 is 2.08 bits per heavy atom. The van der Waals surface area contributed by atoms with E-state index in [0.29, 0.717) is 11.4 Å². The van der Waals surface area contributed by atoms with Crippen molar-refractivity contribution in [1.82, 2.24) is 20.4 Å². The number of rotatable bonds is 4. The molecule has 1 amide bonds. The Bertz CT molecular complexity index is 737. The van der Waals surface area contributed by atoms with Gasteiger partial charge < -0.3 is 15.5 Å². The van der Waals surface area contributed by atoms with Gasteiger partial charge in [0.15, 0.2) is 0 Å². The number of aryl methyl sites for hydroxylation is 2. The first kappa shape index (κ1) is 16.4. The Balaban J connectivity index is 1.64. The molecular weight excluding hydrogens is 309 g/mol. The highest BCUT2D eigenvalue weighted by molar-refractivity contribution is 5.92. The molecule has 2 aromatic rings. The first-order valence-electron chi connectivity index (χ1n) is 8.07. The summed E-state index contributed by atoms with van der Waals surface area (Å²) in [5.41, 5.74) is 2.63. The van der Waals surface area contributed by atoms with Crippen molar-refractivity contribution in [2.45, 2.75) is 13.5 Å². The number of halogens is 1. The molecular formula is C17H22FN5O. The van der Waals surface area contributed by atoms with Crippen molar-refractivity contribution >= 4 is 11.6 Å². The maximum absolute atomic E-state index is 14.4. The Morgan fingerprint density at radius 1 is 1.33 bits per heavy atom. The third-order valence-corrected chi connectivity index (χ3v) is 4.16. The lowest BCUT2D eigenvalue weighted by atomic mass is 10.1. The van der Waals surface area contributed by atoms with Crippen molar-refractivity contribution in [1.29, 1.82) is 0 Å². The quantitative estimate of drug-likeness (QED) is 0.884. The second-order valence-electron chi connectivity index (χ2n) is 6.00. The molecule has 1 fully saturated rings. The van der Waals surface area contributed by atoms with Crippen LogP contribution in [0.15, 0.2) is 24.3 Å². The smallest absolute Gasteiger partial charge is 0.269 e. The van der Waals surface area contributed by atoms with Crippen LogP contribution in [0.2, 0.25) is 0 Å². The second-order valence-corrected chi connectivity index (χ2v) is 6.00. The molecule has 1 aliphatic rings. The fraction of sp³-hybridized carbons (Fsp3) is 0.412. The first-order valence-corrected chi connectivity index (χ1v) is 8.07. The SMILES string of the molecule is Cc1cc(C(=O)NCc2ccc(N3CCNCC3)c(F)c2)n(C)n1. The van der Waals surface area contributed by atoms with E-state index in [2.05, 4.69) is 15.7 Å². The molecule has 1 aromatic heterocycles. The Kier molecular flexibility index (Phi) is 4.80. The van der Waals surface area contributed by atoms with Crippen LogP contribution in [0.25, 0.3) is 0 Å². The minimum Gasteiger partial charge on any atom is -0.367 e. The minimum atomic E-state index is -0.250. The summed E-state index contributed by atoms with van der Waals surface area (Å²) in [6.07, 6.45) is 0. The summed E-state index contributed by atoms with van der Waals surface area (Å²) in [7, 11) is 1.73. The molecule has 3 rings (SSSR count). The zero-order valence-electron chi connectivity index (χ0n) is 14.0. The molecule has 0 atom stereocenters. The average Bonchev–Trinajstić information content (AvgIpc) is 2.92. The van der Waals surface area contributed by atoms with E-state index >= 15 is 0 Å². The number of amides is 1. The number of hydrogen-bond donors (Lipinski definition) is 2. The topological polar surface area (TPSA) is 62.2 Å². The number of nitrogens with one attached hydrogen (secondary N) is 2. The molecule has 2 N–H and O–H groups in total. The van der Waals surface area contributed by atoms with Gasteiger partial charge in [-0.1, -0.05) is 6.07 Å². The lowest BCUT2D eigenvalue weighted by Crippen LogP contribution is -2.43. The number of benzene rings is 1. The highest BCUT2D eigenvalue weighted by Gasteiger charge is 2.15. The van der Waals surface area contributed by atoms with E-state index in [9.17, 15) is 9.18 Å². The molecule has 1 aliphatic heterocycles.